The summed E-state index contributed by atoms with van der Waals surface area (Å²) in [5.74, 6) is -0.104. The highest BCUT2D eigenvalue weighted by molar-refractivity contribution is 5.88. The second-order valence-electron chi connectivity index (χ2n) is 4.18. The topological polar surface area (TPSA) is 77.8 Å². The predicted molar refractivity (Wildman–Crippen MR) is 71.2 cm³/mol. The van der Waals surface area contributed by atoms with E-state index in [-0.39, 0.29) is 18.7 Å². The Bertz CT molecular complexity index is 518. The summed E-state index contributed by atoms with van der Waals surface area (Å²) in [6, 6.07) is 6.26. The highest BCUT2D eigenvalue weighted by atomic mass is 16.4. The van der Waals surface area contributed by atoms with Crippen LogP contribution in [0.3, 0.4) is 0 Å². The van der Waals surface area contributed by atoms with E-state index >= 15 is 0 Å². The maximum Gasteiger partial charge on any atom is 0.335 e. The first-order chi connectivity index (χ1) is 8.95. The Morgan fingerprint density at radius 3 is 2.63 bits per heavy atom. The van der Waals surface area contributed by atoms with Crippen LogP contribution in [0.4, 0.5) is 5.69 Å². The number of hydrogen-bond donors (Lipinski definition) is 2. The molecule has 0 fully saturated rings. The lowest BCUT2D eigenvalue weighted by molar-refractivity contribution is -0.140. The van der Waals surface area contributed by atoms with Gasteiger partial charge in [0, 0.05) is 12.2 Å². The number of hydrogen-bond acceptors (Lipinski definition) is 3. The zero-order valence-corrected chi connectivity index (χ0v) is 10.5. The van der Waals surface area contributed by atoms with Gasteiger partial charge in [0.2, 0.25) is 0 Å². The van der Waals surface area contributed by atoms with E-state index in [0.29, 0.717) is 5.69 Å². The van der Waals surface area contributed by atoms with Gasteiger partial charge in [-0.2, -0.15) is 0 Å². The van der Waals surface area contributed by atoms with Gasteiger partial charge in [-0.25, -0.2) is 4.79 Å². The Morgan fingerprint density at radius 2 is 2.11 bits per heavy atom. The van der Waals surface area contributed by atoms with Crippen LogP contribution < -0.4 is 4.90 Å². The summed E-state index contributed by atoms with van der Waals surface area (Å²) in [6.45, 7) is 2.02. The Morgan fingerprint density at radius 1 is 1.42 bits per heavy atom. The molecule has 19 heavy (non-hydrogen) atoms. The average molecular weight is 261 g/mol. The quantitative estimate of drug-likeness (QED) is 0.759. The standard InChI is InChI=1S/C14H15NO4/c1-3-7-15(9-10(2)13(16)17)12-6-4-5-11(8-12)14(18)19/h1,4-6,8,10H,7,9H2,2H3,(H,16,17)(H,18,19). The van der Waals surface area contributed by atoms with Crippen molar-refractivity contribution in [3.05, 3.63) is 29.8 Å². The van der Waals surface area contributed by atoms with Crippen LogP contribution in [0.25, 0.3) is 0 Å². The van der Waals surface area contributed by atoms with Gasteiger partial charge in [0.1, 0.15) is 0 Å². The summed E-state index contributed by atoms with van der Waals surface area (Å²) in [7, 11) is 0. The maximum absolute atomic E-state index is 10.9. The van der Waals surface area contributed by atoms with Crippen molar-refractivity contribution in [2.75, 3.05) is 18.0 Å². The van der Waals surface area contributed by atoms with E-state index in [9.17, 15) is 9.59 Å². The Hall–Kier alpha value is -2.48. The predicted octanol–water partition coefficient (Wildman–Crippen LogP) is 1.55. The van der Waals surface area contributed by atoms with Crippen LogP contribution in [-0.4, -0.2) is 35.2 Å². The number of carboxylic acid groups (broad SMARTS) is 2. The molecule has 0 saturated heterocycles. The SMILES string of the molecule is C#CCN(CC(C)C(=O)O)c1cccc(C(=O)O)c1. The molecule has 100 valence electrons. The first-order valence-electron chi connectivity index (χ1n) is 5.70. The van der Waals surface area contributed by atoms with Gasteiger partial charge >= 0.3 is 11.9 Å². The molecule has 0 aliphatic carbocycles. The fourth-order valence-electron chi connectivity index (χ4n) is 1.62. The highest BCUT2D eigenvalue weighted by Gasteiger charge is 2.16. The smallest absolute Gasteiger partial charge is 0.335 e. The minimum atomic E-state index is -1.03. The third-order valence-corrected chi connectivity index (χ3v) is 2.66. The number of carboxylic acids is 2. The number of aromatic carboxylic acids is 1. The second-order valence-corrected chi connectivity index (χ2v) is 4.18. The van der Waals surface area contributed by atoms with Crippen molar-refractivity contribution in [1.82, 2.24) is 0 Å². The van der Waals surface area contributed by atoms with Gasteiger partial charge in [-0.1, -0.05) is 18.9 Å². The normalized spacial score (nSPS) is 11.4. The van der Waals surface area contributed by atoms with Crippen LogP contribution in [0, 0.1) is 18.3 Å². The zero-order valence-electron chi connectivity index (χ0n) is 10.5. The van der Waals surface area contributed by atoms with Crippen LogP contribution in [-0.2, 0) is 4.79 Å². The van der Waals surface area contributed by atoms with E-state index in [4.69, 9.17) is 16.6 Å². The fourth-order valence-corrected chi connectivity index (χ4v) is 1.62. The van der Waals surface area contributed by atoms with E-state index < -0.39 is 17.9 Å². The number of terminal acetylenes is 1. The van der Waals surface area contributed by atoms with Crippen molar-refractivity contribution in [1.29, 1.82) is 0 Å². The summed E-state index contributed by atoms with van der Waals surface area (Å²) >= 11 is 0. The molecule has 0 aliphatic heterocycles. The molecule has 1 atom stereocenters. The molecule has 2 N–H and O–H groups in total. The van der Waals surface area contributed by atoms with Gasteiger partial charge in [-0.3, -0.25) is 4.79 Å². The van der Waals surface area contributed by atoms with Gasteiger partial charge in [0.15, 0.2) is 0 Å². The third kappa shape index (κ3) is 4.03. The molecule has 0 amide bonds. The first kappa shape index (κ1) is 14.6. The van der Waals surface area contributed by atoms with E-state index in [1.165, 1.54) is 12.1 Å². The molecule has 0 radical (unpaired) electrons. The summed E-state index contributed by atoms with van der Waals surface area (Å²) in [6.07, 6.45) is 5.26. The molecule has 5 nitrogen and oxygen atoms in total. The van der Waals surface area contributed by atoms with E-state index in [1.54, 1.807) is 24.0 Å². The number of nitrogens with zero attached hydrogens (tertiary/aromatic N) is 1. The van der Waals surface area contributed by atoms with Gasteiger partial charge in [0.05, 0.1) is 18.0 Å². The van der Waals surface area contributed by atoms with Crippen molar-refractivity contribution in [3.63, 3.8) is 0 Å². The van der Waals surface area contributed by atoms with Crippen molar-refractivity contribution in [2.45, 2.75) is 6.92 Å². The highest BCUT2D eigenvalue weighted by Crippen LogP contribution is 2.17. The molecule has 1 rings (SSSR count). The van der Waals surface area contributed by atoms with E-state index in [1.807, 2.05) is 0 Å². The molecular formula is C14H15NO4. The van der Waals surface area contributed by atoms with Gasteiger partial charge in [-0.05, 0) is 18.2 Å². The van der Waals surface area contributed by atoms with Crippen LogP contribution in [0.2, 0.25) is 0 Å². The van der Waals surface area contributed by atoms with Crippen LogP contribution in [0.1, 0.15) is 17.3 Å². The molecule has 0 spiro atoms. The molecule has 5 heteroatoms. The van der Waals surface area contributed by atoms with Gasteiger partial charge in [0.25, 0.3) is 0 Å². The number of rotatable bonds is 6. The van der Waals surface area contributed by atoms with Crippen molar-refractivity contribution in [2.24, 2.45) is 5.92 Å². The molecular weight excluding hydrogens is 246 g/mol. The maximum atomic E-state index is 10.9. The second kappa shape index (κ2) is 6.45. The fraction of sp³-hybridized carbons (Fsp3) is 0.286. The number of carbonyl (C=O) groups is 2. The average Bonchev–Trinajstić information content (AvgIpc) is 2.38. The van der Waals surface area contributed by atoms with Crippen molar-refractivity contribution < 1.29 is 19.8 Å². The summed E-state index contributed by atoms with van der Waals surface area (Å²) in [5, 5.41) is 17.9. The van der Waals surface area contributed by atoms with Gasteiger partial charge < -0.3 is 15.1 Å². The number of benzene rings is 1. The summed E-state index contributed by atoms with van der Waals surface area (Å²) < 4.78 is 0. The van der Waals surface area contributed by atoms with Crippen LogP contribution in [0.5, 0.6) is 0 Å². The third-order valence-electron chi connectivity index (χ3n) is 2.66. The molecule has 0 heterocycles. The molecule has 1 aromatic carbocycles. The molecule has 0 saturated carbocycles. The van der Waals surface area contributed by atoms with Crippen molar-refractivity contribution >= 4 is 17.6 Å². The molecule has 0 bridgehead atoms. The summed E-state index contributed by atoms with van der Waals surface area (Å²) in [4.78, 5) is 23.5. The minimum absolute atomic E-state index is 0.141. The minimum Gasteiger partial charge on any atom is -0.481 e. The monoisotopic (exact) mass is 261 g/mol. The van der Waals surface area contributed by atoms with Crippen LogP contribution >= 0.6 is 0 Å². The lowest BCUT2D eigenvalue weighted by atomic mass is 10.1. The molecule has 0 aliphatic rings. The number of anilines is 1. The lowest BCUT2D eigenvalue weighted by Gasteiger charge is -2.24. The van der Waals surface area contributed by atoms with Crippen molar-refractivity contribution in [3.8, 4) is 12.3 Å². The number of aliphatic carboxylic acids is 1. The Balaban J connectivity index is 2.99. The van der Waals surface area contributed by atoms with Gasteiger partial charge in [-0.15, -0.1) is 6.42 Å². The molecule has 1 aromatic rings. The molecule has 0 aromatic heterocycles. The lowest BCUT2D eigenvalue weighted by Crippen LogP contribution is -2.32. The zero-order chi connectivity index (χ0) is 14.4. The molecule has 1 unspecified atom stereocenters. The first-order valence-corrected chi connectivity index (χ1v) is 5.70. The van der Waals surface area contributed by atoms with Crippen LogP contribution in [0.15, 0.2) is 24.3 Å². The van der Waals surface area contributed by atoms with E-state index in [2.05, 4.69) is 5.92 Å². The van der Waals surface area contributed by atoms with E-state index in [0.717, 1.165) is 0 Å². The Kier molecular flexibility index (Phi) is 4.95. The Labute approximate surface area is 111 Å². The summed E-state index contributed by atoms with van der Waals surface area (Å²) in [5.41, 5.74) is 0.744. The largest absolute Gasteiger partial charge is 0.481 e.